The van der Waals surface area contributed by atoms with Gasteiger partial charge in [0.15, 0.2) is 0 Å². The highest BCUT2D eigenvalue weighted by Gasteiger charge is 2.10. The maximum absolute atomic E-state index is 9.53. The molecule has 25 heavy (non-hydrogen) atoms. The van der Waals surface area contributed by atoms with Gasteiger partial charge in [0, 0.05) is 10.9 Å². The van der Waals surface area contributed by atoms with E-state index in [9.17, 15) is 5.26 Å². The average molecular weight is 346 g/mol. The van der Waals surface area contributed by atoms with Gasteiger partial charge < -0.3 is 4.74 Å². The first-order valence-electron chi connectivity index (χ1n) is 7.90. The Morgan fingerprint density at radius 1 is 1.12 bits per heavy atom. The summed E-state index contributed by atoms with van der Waals surface area (Å²) in [5, 5.41) is 12.3. The molecule has 0 fully saturated rings. The SMILES string of the molecule is COc1ccc(C=C(C#N)c2nc(-c3ccc(C)c(C)c3)cs2)cc1. The molecule has 0 saturated heterocycles. The number of ether oxygens (including phenoxy) is 1. The van der Waals surface area contributed by atoms with Crippen LogP contribution >= 0.6 is 11.3 Å². The van der Waals surface area contributed by atoms with Gasteiger partial charge in [0.05, 0.1) is 18.4 Å². The predicted octanol–water partition coefficient (Wildman–Crippen LogP) is 5.50. The summed E-state index contributed by atoms with van der Waals surface area (Å²) in [5.41, 5.74) is 5.98. The Bertz CT molecular complexity index is 962. The minimum atomic E-state index is 0.560. The molecule has 4 heteroatoms. The Hall–Kier alpha value is -2.90. The molecule has 0 radical (unpaired) electrons. The summed E-state index contributed by atoms with van der Waals surface area (Å²) in [6.45, 7) is 4.19. The summed E-state index contributed by atoms with van der Waals surface area (Å²) in [4.78, 5) is 4.66. The number of rotatable bonds is 4. The van der Waals surface area contributed by atoms with Crippen molar-refractivity contribution in [2.45, 2.75) is 13.8 Å². The molecule has 124 valence electrons. The molecule has 0 spiro atoms. The van der Waals surface area contributed by atoms with Gasteiger partial charge in [-0.2, -0.15) is 5.26 Å². The quantitative estimate of drug-likeness (QED) is 0.586. The maximum atomic E-state index is 9.53. The molecule has 3 rings (SSSR count). The van der Waals surface area contributed by atoms with Gasteiger partial charge in [-0.05, 0) is 54.8 Å². The molecule has 2 aromatic carbocycles. The van der Waals surface area contributed by atoms with E-state index in [0.717, 1.165) is 27.6 Å². The topological polar surface area (TPSA) is 45.9 Å². The van der Waals surface area contributed by atoms with Gasteiger partial charge in [0.1, 0.15) is 16.8 Å². The van der Waals surface area contributed by atoms with Crippen molar-refractivity contribution in [3.05, 3.63) is 69.5 Å². The number of allylic oxidation sites excluding steroid dienone is 1. The fourth-order valence-electron chi connectivity index (χ4n) is 2.44. The molecule has 1 heterocycles. The number of nitriles is 1. The van der Waals surface area contributed by atoms with E-state index in [1.807, 2.05) is 35.7 Å². The Morgan fingerprint density at radius 3 is 2.52 bits per heavy atom. The Labute approximate surface area is 151 Å². The van der Waals surface area contributed by atoms with Crippen LogP contribution in [0, 0.1) is 25.2 Å². The van der Waals surface area contributed by atoms with Crippen molar-refractivity contribution in [3.8, 4) is 23.1 Å². The molecule has 3 aromatic rings. The molecule has 0 aliphatic carbocycles. The van der Waals surface area contributed by atoms with Crippen molar-refractivity contribution in [1.82, 2.24) is 4.98 Å². The number of thiazole rings is 1. The number of hydrogen-bond acceptors (Lipinski definition) is 4. The van der Waals surface area contributed by atoms with E-state index in [0.29, 0.717) is 5.57 Å². The lowest BCUT2D eigenvalue weighted by molar-refractivity contribution is 0.415. The highest BCUT2D eigenvalue weighted by molar-refractivity contribution is 7.11. The standard InChI is InChI=1S/C21H18N2OS/c1-14-4-7-17(10-15(14)2)20-13-25-21(23-20)18(12-22)11-16-5-8-19(24-3)9-6-16/h4-11,13H,1-3H3. The third-order valence-corrected chi connectivity index (χ3v) is 4.96. The van der Waals surface area contributed by atoms with Gasteiger partial charge >= 0.3 is 0 Å². The highest BCUT2D eigenvalue weighted by atomic mass is 32.1. The molecule has 0 N–H and O–H groups in total. The van der Waals surface area contributed by atoms with Crippen LogP contribution < -0.4 is 4.74 Å². The summed E-state index contributed by atoms with van der Waals surface area (Å²) in [5.74, 6) is 0.793. The summed E-state index contributed by atoms with van der Waals surface area (Å²) in [6.07, 6.45) is 1.85. The van der Waals surface area contributed by atoms with Gasteiger partial charge in [-0.1, -0.05) is 24.3 Å². The van der Waals surface area contributed by atoms with E-state index >= 15 is 0 Å². The number of hydrogen-bond donors (Lipinski definition) is 0. The highest BCUT2D eigenvalue weighted by Crippen LogP contribution is 2.28. The van der Waals surface area contributed by atoms with Crippen LogP contribution in [-0.4, -0.2) is 12.1 Å². The summed E-state index contributed by atoms with van der Waals surface area (Å²) >= 11 is 1.49. The van der Waals surface area contributed by atoms with Crippen LogP contribution in [0.3, 0.4) is 0 Å². The Kier molecular flexibility index (Phi) is 4.97. The molecule has 0 aliphatic heterocycles. The second-order valence-corrected chi connectivity index (χ2v) is 6.64. The van der Waals surface area contributed by atoms with Gasteiger partial charge in [0.2, 0.25) is 0 Å². The van der Waals surface area contributed by atoms with Crippen molar-refractivity contribution in [1.29, 1.82) is 5.26 Å². The maximum Gasteiger partial charge on any atom is 0.134 e. The van der Waals surface area contributed by atoms with E-state index in [2.05, 4.69) is 43.1 Å². The fraction of sp³-hybridized carbons (Fsp3) is 0.143. The molecule has 0 unspecified atom stereocenters. The largest absolute Gasteiger partial charge is 0.497 e. The van der Waals surface area contributed by atoms with Crippen LogP contribution in [0.1, 0.15) is 21.7 Å². The fourth-order valence-corrected chi connectivity index (χ4v) is 3.23. The molecule has 0 aliphatic rings. The zero-order valence-corrected chi connectivity index (χ0v) is 15.2. The van der Waals surface area contributed by atoms with Crippen LogP contribution in [-0.2, 0) is 0 Å². The van der Waals surface area contributed by atoms with Crippen LogP contribution in [0.25, 0.3) is 22.9 Å². The third-order valence-electron chi connectivity index (χ3n) is 4.08. The number of benzene rings is 2. The molecule has 0 amide bonds. The van der Waals surface area contributed by atoms with Gasteiger partial charge in [-0.3, -0.25) is 0 Å². The van der Waals surface area contributed by atoms with Crippen molar-refractivity contribution in [3.63, 3.8) is 0 Å². The first-order chi connectivity index (χ1) is 12.1. The molecule has 0 saturated carbocycles. The second kappa shape index (κ2) is 7.33. The van der Waals surface area contributed by atoms with Crippen molar-refractivity contribution in [2.75, 3.05) is 7.11 Å². The van der Waals surface area contributed by atoms with E-state index < -0.39 is 0 Å². The van der Waals surface area contributed by atoms with E-state index in [-0.39, 0.29) is 0 Å². The van der Waals surface area contributed by atoms with Crippen molar-refractivity contribution < 1.29 is 4.74 Å². The van der Waals surface area contributed by atoms with E-state index in [1.165, 1.54) is 22.5 Å². The van der Waals surface area contributed by atoms with Crippen molar-refractivity contribution >= 4 is 23.0 Å². The van der Waals surface area contributed by atoms with Gasteiger partial charge in [-0.25, -0.2) is 4.98 Å². The monoisotopic (exact) mass is 346 g/mol. The lowest BCUT2D eigenvalue weighted by Gasteiger charge is -2.02. The van der Waals surface area contributed by atoms with Crippen LogP contribution in [0.5, 0.6) is 5.75 Å². The smallest absolute Gasteiger partial charge is 0.134 e. The van der Waals surface area contributed by atoms with Crippen LogP contribution in [0.4, 0.5) is 0 Å². The summed E-state index contributed by atoms with van der Waals surface area (Å²) in [7, 11) is 1.63. The predicted molar refractivity (Wildman–Crippen MR) is 104 cm³/mol. The van der Waals surface area contributed by atoms with E-state index in [4.69, 9.17) is 4.74 Å². The second-order valence-electron chi connectivity index (χ2n) is 5.78. The normalized spacial score (nSPS) is 11.2. The molecule has 0 atom stereocenters. The van der Waals surface area contributed by atoms with Crippen LogP contribution in [0.15, 0.2) is 47.8 Å². The number of aromatic nitrogens is 1. The zero-order valence-electron chi connectivity index (χ0n) is 14.4. The number of aryl methyl sites for hydroxylation is 2. The minimum absolute atomic E-state index is 0.560. The van der Waals surface area contributed by atoms with Crippen LogP contribution in [0.2, 0.25) is 0 Å². The molecular formula is C21H18N2OS. The lowest BCUT2D eigenvalue weighted by atomic mass is 10.1. The summed E-state index contributed by atoms with van der Waals surface area (Å²) < 4.78 is 5.16. The molecule has 0 bridgehead atoms. The van der Waals surface area contributed by atoms with Gasteiger partial charge in [0.25, 0.3) is 0 Å². The molecule has 1 aromatic heterocycles. The third kappa shape index (κ3) is 3.78. The zero-order chi connectivity index (χ0) is 17.8. The van der Waals surface area contributed by atoms with Crippen molar-refractivity contribution in [2.24, 2.45) is 0 Å². The van der Waals surface area contributed by atoms with E-state index in [1.54, 1.807) is 7.11 Å². The minimum Gasteiger partial charge on any atom is -0.497 e. The molecular weight excluding hydrogens is 328 g/mol. The summed E-state index contributed by atoms with van der Waals surface area (Å²) in [6, 6.07) is 16.2. The average Bonchev–Trinajstić information content (AvgIpc) is 3.12. The first kappa shape index (κ1) is 16.9. The lowest BCUT2D eigenvalue weighted by Crippen LogP contribution is -1.86. The number of methoxy groups -OCH3 is 1. The molecule has 3 nitrogen and oxygen atoms in total. The Balaban J connectivity index is 1.91. The Morgan fingerprint density at radius 2 is 1.88 bits per heavy atom. The first-order valence-corrected chi connectivity index (χ1v) is 8.78. The number of nitrogens with zero attached hydrogens (tertiary/aromatic N) is 2. The van der Waals surface area contributed by atoms with Gasteiger partial charge in [-0.15, -0.1) is 11.3 Å².